The van der Waals surface area contributed by atoms with Crippen molar-refractivity contribution < 1.29 is 0 Å². The SMILES string of the molecule is Cc1ccc(-c2nc(C(C)C)n(C(C)C)c2N)cc1Br. The van der Waals surface area contributed by atoms with E-state index in [4.69, 9.17) is 10.7 Å². The maximum atomic E-state index is 6.35. The molecule has 2 aromatic rings. The molecule has 0 saturated heterocycles. The van der Waals surface area contributed by atoms with Gasteiger partial charge in [0.2, 0.25) is 0 Å². The summed E-state index contributed by atoms with van der Waals surface area (Å²) in [4.78, 5) is 4.79. The van der Waals surface area contributed by atoms with E-state index >= 15 is 0 Å². The molecule has 0 bridgehead atoms. The Morgan fingerprint density at radius 1 is 1.20 bits per heavy atom. The minimum Gasteiger partial charge on any atom is -0.383 e. The molecule has 1 heterocycles. The van der Waals surface area contributed by atoms with Crippen LogP contribution in [0.15, 0.2) is 22.7 Å². The van der Waals surface area contributed by atoms with Crippen LogP contribution in [0.2, 0.25) is 0 Å². The molecule has 0 aliphatic carbocycles. The summed E-state index contributed by atoms with van der Waals surface area (Å²) in [5.41, 5.74) is 9.49. The number of rotatable bonds is 3. The number of aryl methyl sites for hydroxylation is 1. The molecular formula is C16H22BrN3. The highest BCUT2D eigenvalue weighted by molar-refractivity contribution is 9.10. The minimum atomic E-state index is 0.308. The van der Waals surface area contributed by atoms with Crippen molar-refractivity contribution in [2.45, 2.75) is 46.6 Å². The number of hydrogen-bond donors (Lipinski definition) is 1. The minimum absolute atomic E-state index is 0.308. The fraction of sp³-hybridized carbons (Fsp3) is 0.438. The van der Waals surface area contributed by atoms with Crippen molar-refractivity contribution >= 4 is 21.7 Å². The molecule has 0 aliphatic heterocycles. The van der Waals surface area contributed by atoms with Crippen molar-refractivity contribution in [1.29, 1.82) is 0 Å². The maximum Gasteiger partial charge on any atom is 0.131 e. The monoisotopic (exact) mass is 335 g/mol. The van der Waals surface area contributed by atoms with Crippen LogP contribution in [-0.4, -0.2) is 9.55 Å². The number of halogens is 1. The third kappa shape index (κ3) is 2.62. The number of nitrogens with two attached hydrogens (primary N) is 1. The van der Waals surface area contributed by atoms with E-state index in [0.29, 0.717) is 12.0 Å². The molecule has 1 aromatic carbocycles. The Labute approximate surface area is 129 Å². The third-order valence-corrected chi connectivity index (χ3v) is 4.31. The molecule has 0 spiro atoms. The van der Waals surface area contributed by atoms with Crippen molar-refractivity contribution in [3.63, 3.8) is 0 Å². The van der Waals surface area contributed by atoms with Gasteiger partial charge in [0.25, 0.3) is 0 Å². The highest BCUT2D eigenvalue weighted by Gasteiger charge is 2.20. The number of imidazole rings is 1. The Morgan fingerprint density at radius 2 is 1.85 bits per heavy atom. The van der Waals surface area contributed by atoms with Crippen LogP contribution in [0.25, 0.3) is 11.3 Å². The quantitative estimate of drug-likeness (QED) is 0.866. The largest absolute Gasteiger partial charge is 0.383 e. The molecule has 2 N–H and O–H groups in total. The summed E-state index contributed by atoms with van der Waals surface area (Å²) in [7, 11) is 0. The van der Waals surface area contributed by atoms with Gasteiger partial charge >= 0.3 is 0 Å². The van der Waals surface area contributed by atoms with E-state index in [-0.39, 0.29) is 0 Å². The zero-order chi connectivity index (χ0) is 15.0. The van der Waals surface area contributed by atoms with Gasteiger partial charge < -0.3 is 10.3 Å². The van der Waals surface area contributed by atoms with Gasteiger partial charge in [0.15, 0.2) is 0 Å². The van der Waals surface area contributed by atoms with E-state index in [1.54, 1.807) is 0 Å². The topological polar surface area (TPSA) is 43.8 Å². The molecular weight excluding hydrogens is 314 g/mol. The van der Waals surface area contributed by atoms with E-state index in [0.717, 1.165) is 27.4 Å². The van der Waals surface area contributed by atoms with Crippen LogP contribution in [0.1, 0.15) is 51.0 Å². The first-order chi connectivity index (χ1) is 9.32. The standard InChI is InChI=1S/C16H22BrN3/c1-9(2)16-19-14(15(18)20(16)10(3)4)12-7-6-11(5)13(17)8-12/h6-10H,18H2,1-5H3. The van der Waals surface area contributed by atoms with Crippen LogP contribution in [0.5, 0.6) is 0 Å². The number of nitrogens with zero attached hydrogens (tertiary/aromatic N) is 2. The van der Waals surface area contributed by atoms with Gasteiger partial charge in [0.05, 0.1) is 0 Å². The average molecular weight is 336 g/mol. The summed E-state index contributed by atoms with van der Waals surface area (Å²) in [5.74, 6) is 2.14. The van der Waals surface area contributed by atoms with E-state index in [2.05, 4.69) is 73.3 Å². The van der Waals surface area contributed by atoms with Crippen LogP contribution in [0.3, 0.4) is 0 Å². The lowest BCUT2D eigenvalue weighted by molar-refractivity contribution is 0.556. The normalized spacial score (nSPS) is 11.6. The molecule has 3 nitrogen and oxygen atoms in total. The summed E-state index contributed by atoms with van der Waals surface area (Å²) < 4.78 is 3.22. The average Bonchev–Trinajstić information content (AvgIpc) is 2.71. The van der Waals surface area contributed by atoms with E-state index in [1.807, 2.05) is 0 Å². The predicted molar refractivity (Wildman–Crippen MR) is 89.0 cm³/mol. The Kier molecular flexibility index (Phi) is 4.23. The van der Waals surface area contributed by atoms with Crippen LogP contribution < -0.4 is 5.73 Å². The summed E-state index contributed by atoms with van der Waals surface area (Å²) in [6, 6.07) is 6.56. The van der Waals surface area contributed by atoms with Gasteiger partial charge in [-0.25, -0.2) is 4.98 Å². The Hall–Kier alpha value is -1.29. The number of anilines is 1. The van der Waals surface area contributed by atoms with Crippen molar-refractivity contribution in [3.05, 3.63) is 34.1 Å². The second-order valence-corrected chi connectivity index (χ2v) is 6.64. The second kappa shape index (κ2) is 5.60. The summed E-state index contributed by atoms with van der Waals surface area (Å²) >= 11 is 3.58. The molecule has 20 heavy (non-hydrogen) atoms. The lowest BCUT2D eigenvalue weighted by atomic mass is 10.1. The zero-order valence-corrected chi connectivity index (χ0v) is 14.3. The summed E-state index contributed by atoms with van der Waals surface area (Å²) in [6.45, 7) is 10.6. The maximum absolute atomic E-state index is 6.35. The van der Waals surface area contributed by atoms with Crippen molar-refractivity contribution in [3.8, 4) is 11.3 Å². The van der Waals surface area contributed by atoms with Gasteiger partial charge in [0, 0.05) is 22.0 Å². The van der Waals surface area contributed by atoms with Gasteiger partial charge in [0.1, 0.15) is 17.3 Å². The predicted octanol–water partition coefficient (Wildman–Crippen LogP) is 4.91. The van der Waals surface area contributed by atoms with Crippen molar-refractivity contribution in [2.75, 3.05) is 5.73 Å². The van der Waals surface area contributed by atoms with Crippen LogP contribution in [0.4, 0.5) is 5.82 Å². The van der Waals surface area contributed by atoms with Crippen LogP contribution in [-0.2, 0) is 0 Å². The highest BCUT2D eigenvalue weighted by atomic mass is 79.9. The summed E-state index contributed by atoms with van der Waals surface area (Å²) in [5, 5.41) is 0. The van der Waals surface area contributed by atoms with Crippen molar-refractivity contribution in [1.82, 2.24) is 9.55 Å². The highest BCUT2D eigenvalue weighted by Crippen LogP contribution is 2.33. The van der Waals surface area contributed by atoms with Crippen LogP contribution >= 0.6 is 15.9 Å². The molecule has 0 amide bonds. The number of aromatic nitrogens is 2. The fourth-order valence-corrected chi connectivity index (χ4v) is 2.74. The Bertz CT molecular complexity index is 627. The first-order valence-electron chi connectivity index (χ1n) is 6.97. The number of nitrogen functional groups attached to an aromatic ring is 1. The van der Waals surface area contributed by atoms with Crippen molar-refractivity contribution in [2.24, 2.45) is 0 Å². The second-order valence-electron chi connectivity index (χ2n) is 5.79. The number of benzene rings is 1. The van der Waals surface area contributed by atoms with Gasteiger partial charge in [-0.1, -0.05) is 41.9 Å². The van der Waals surface area contributed by atoms with Crippen LogP contribution in [0, 0.1) is 6.92 Å². The molecule has 0 aliphatic rings. The molecule has 0 fully saturated rings. The molecule has 108 valence electrons. The Balaban J connectivity index is 2.63. The van der Waals surface area contributed by atoms with Gasteiger partial charge in [-0.3, -0.25) is 0 Å². The molecule has 2 rings (SSSR count). The Morgan fingerprint density at radius 3 is 2.30 bits per heavy atom. The van der Waals surface area contributed by atoms with E-state index in [9.17, 15) is 0 Å². The molecule has 0 radical (unpaired) electrons. The molecule has 0 saturated carbocycles. The summed E-state index contributed by atoms with van der Waals surface area (Å²) in [6.07, 6.45) is 0. The molecule has 0 unspecified atom stereocenters. The lowest BCUT2D eigenvalue weighted by Crippen LogP contribution is -2.10. The zero-order valence-electron chi connectivity index (χ0n) is 12.7. The third-order valence-electron chi connectivity index (χ3n) is 3.45. The van der Waals surface area contributed by atoms with E-state index in [1.165, 1.54) is 5.56 Å². The van der Waals surface area contributed by atoms with Gasteiger partial charge in [-0.15, -0.1) is 0 Å². The van der Waals surface area contributed by atoms with E-state index < -0.39 is 0 Å². The molecule has 1 aromatic heterocycles. The number of hydrogen-bond acceptors (Lipinski definition) is 2. The first kappa shape index (κ1) is 15.1. The molecule has 4 heteroatoms. The molecule has 0 atom stereocenters. The smallest absolute Gasteiger partial charge is 0.131 e. The fourth-order valence-electron chi connectivity index (χ4n) is 2.37. The lowest BCUT2D eigenvalue weighted by Gasteiger charge is -2.15. The van der Waals surface area contributed by atoms with Gasteiger partial charge in [-0.05, 0) is 32.4 Å². The van der Waals surface area contributed by atoms with Gasteiger partial charge in [-0.2, -0.15) is 0 Å². The first-order valence-corrected chi connectivity index (χ1v) is 7.76.